The molecule has 5 saturated heterocycles. The van der Waals surface area contributed by atoms with E-state index in [1.54, 1.807) is 0 Å². The van der Waals surface area contributed by atoms with Gasteiger partial charge in [0, 0.05) is 52.4 Å². The molecular formula is C13H22N6O. The fourth-order valence-corrected chi connectivity index (χ4v) is 4.65. The highest BCUT2D eigenvalue weighted by Crippen LogP contribution is 2.32. The first-order valence-corrected chi connectivity index (χ1v) is 7.81. The van der Waals surface area contributed by atoms with E-state index in [0.717, 1.165) is 52.6 Å². The van der Waals surface area contributed by atoms with Crippen molar-refractivity contribution in [1.29, 1.82) is 0 Å². The van der Waals surface area contributed by atoms with Gasteiger partial charge in [-0.2, -0.15) is 0 Å². The summed E-state index contributed by atoms with van der Waals surface area (Å²) < 4.78 is 0. The molecule has 0 N–H and O–H groups in total. The topological polar surface area (TPSA) is 36.5 Å². The van der Waals surface area contributed by atoms with Crippen molar-refractivity contribution in [3.63, 3.8) is 0 Å². The highest BCUT2D eigenvalue weighted by atomic mass is 16.2. The molecular weight excluding hydrogens is 256 g/mol. The van der Waals surface area contributed by atoms with Gasteiger partial charge in [-0.25, -0.2) is 4.79 Å². The first-order chi connectivity index (χ1) is 9.81. The van der Waals surface area contributed by atoms with Crippen molar-refractivity contribution in [3.05, 3.63) is 0 Å². The van der Waals surface area contributed by atoms with Gasteiger partial charge in [-0.15, -0.1) is 0 Å². The molecule has 0 saturated carbocycles. The van der Waals surface area contributed by atoms with Crippen molar-refractivity contribution in [1.82, 2.24) is 29.4 Å². The molecule has 20 heavy (non-hydrogen) atoms. The molecule has 110 valence electrons. The molecule has 2 atom stereocenters. The minimum Gasteiger partial charge on any atom is -0.310 e. The molecule has 0 aromatic rings. The summed E-state index contributed by atoms with van der Waals surface area (Å²) in [6.45, 7) is 10.3. The molecule has 2 amide bonds. The van der Waals surface area contributed by atoms with Crippen LogP contribution in [-0.4, -0.2) is 113 Å². The lowest BCUT2D eigenvalue weighted by Crippen LogP contribution is -2.64. The summed E-state index contributed by atoms with van der Waals surface area (Å²) in [6, 6.07) is 0.237. The van der Waals surface area contributed by atoms with E-state index in [9.17, 15) is 4.79 Å². The lowest BCUT2D eigenvalue weighted by atomic mass is 10.2. The van der Waals surface area contributed by atoms with Gasteiger partial charge >= 0.3 is 6.03 Å². The van der Waals surface area contributed by atoms with Crippen LogP contribution in [0.3, 0.4) is 0 Å². The summed E-state index contributed by atoms with van der Waals surface area (Å²) in [5.74, 6) is 0. The average Bonchev–Trinajstić information content (AvgIpc) is 3.12. The Morgan fingerprint density at radius 3 is 1.45 bits per heavy atom. The highest BCUT2D eigenvalue weighted by Gasteiger charge is 2.51. The summed E-state index contributed by atoms with van der Waals surface area (Å²) in [6.07, 6.45) is 0.971. The molecule has 0 spiro atoms. The van der Waals surface area contributed by atoms with Crippen LogP contribution in [0.1, 0.15) is 0 Å². The molecule has 2 bridgehead atoms. The number of hydrogen-bond donors (Lipinski definition) is 0. The van der Waals surface area contributed by atoms with E-state index in [-0.39, 0.29) is 6.03 Å². The number of hydrogen-bond acceptors (Lipinski definition) is 5. The molecule has 0 aromatic heterocycles. The average molecular weight is 278 g/mol. The molecule has 5 aliphatic rings. The second kappa shape index (κ2) is 4.07. The molecule has 0 radical (unpaired) electrons. The summed E-state index contributed by atoms with van der Waals surface area (Å²) >= 11 is 0. The molecule has 7 nitrogen and oxygen atoms in total. The van der Waals surface area contributed by atoms with Crippen LogP contribution in [0.4, 0.5) is 4.79 Å². The summed E-state index contributed by atoms with van der Waals surface area (Å²) in [5.41, 5.74) is 0. The lowest BCUT2D eigenvalue weighted by Gasteiger charge is -2.46. The third kappa shape index (κ3) is 1.46. The summed E-state index contributed by atoms with van der Waals surface area (Å²) in [7, 11) is 0. The zero-order valence-electron chi connectivity index (χ0n) is 11.8. The number of fused-ring (bicyclic) bond motifs is 2. The van der Waals surface area contributed by atoms with Gasteiger partial charge in [-0.05, 0) is 0 Å². The van der Waals surface area contributed by atoms with Crippen molar-refractivity contribution in [2.45, 2.75) is 12.3 Å². The maximum Gasteiger partial charge on any atom is 0.322 e. The quantitative estimate of drug-likeness (QED) is 0.542. The highest BCUT2D eigenvalue weighted by molar-refractivity contribution is 5.76. The number of amides is 2. The van der Waals surface area contributed by atoms with Crippen LogP contribution in [0.5, 0.6) is 0 Å². The van der Waals surface area contributed by atoms with Crippen LogP contribution in [0, 0.1) is 0 Å². The van der Waals surface area contributed by atoms with E-state index < -0.39 is 0 Å². The SMILES string of the molecule is O=C1N2CCN1CN1CCN3CCN4CCN(C2)C4C31. The standard InChI is InChI=1S/C13H22N6O/c20-13-18-7-8-19(13)10-17-6-4-15-2-1-14-3-5-16(9-18)11(14)12(15)17/h11-12H,1-10H2. The molecule has 5 heterocycles. The second-order valence-electron chi connectivity index (χ2n) is 6.62. The Bertz CT molecular complexity index is 407. The van der Waals surface area contributed by atoms with E-state index in [4.69, 9.17) is 0 Å². The summed E-state index contributed by atoms with van der Waals surface area (Å²) in [4.78, 5) is 26.8. The molecule has 2 unspecified atom stereocenters. The number of urea groups is 1. The Labute approximate surface area is 119 Å². The van der Waals surface area contributed by atoms with Crippen LogP contribution < -0.4 is 0 Å². The minimum atomic E-state index is 0.237. The van der Waals surface area contributed by atoms with Gasteiger partial charge in [0.25, 0.3) is 0 Å². The number of carbonyl (C=O) groups excluding carboxylic acids is 1. The summed E-state index contributed by atoms with van der Waals surface area (Å²) in [5, 5.41) is 0. The van der Waals surface area contributed by atoms with Crippen molar-refractivity contribution < 1.29 is 4.79 Å². The van der Waals surface area contributed by atoms with E-state index in [2.05, 4.69) is 19.6 Å². The van der Waals surface area contributed by atoms with Gasteiger partial charge in [-0.3, -0.25) is 19.6 Å². The Balaban J connectivity index is 1.55. The predicted molar refractivity (Wildman–Crippen MR) is 72.7 cm³/mol. The normalized spacial score (nSPS) is 39.1. The Morgan fingerprint density at radius 1 is 0.600 bits per heavy atom. The lowest BCUT2D eigenvalue weighted by molar-refractivity contribution is -0.0580. The van der Waals surface area contributed by atoms with Crippen molar-refractivity contribution in [2.75, 3.05) is 65.7 Å². The Morgan fingerprint density at radius 2 is 1.00 bits per heavy atom. The molecule has 7 heteroatoms. The maximum atomic E-state index is 12.4. The first kappa shape index (κ1) is 11.7. The first-order valence-electron chi connectivity index (χ1n) is 7.81. The van der Waals surface area contributed by atoms with Crippen LogP contribution >= 0.6 is 0 Å². The van der Waals surface area contributed by atoms with Gasteiger partial charge in [0.1, 0.15) is 0 Å². The largest absolute Gasteiger partial charge is 0.322 e. The van der Waals surface area contributed by atoms with Crippen LogP contribution in [0.15, 0.2) is 0 Å². The molecule has 0 aromatic carbocycles. The Hall–Kier alpha value is -0.890. The van der Waals surface area contributed by atoms with Gasteiger partial charge in [0.2, 0.25) is 0 Å². The number of nitrogens with zero attached hydrogens (tertiary/aromatic N) is 6. The number of carbonyl (C=O) groups is 1. The van der Waals surface area contributed by atoms with Crippen LogP contribution in [0.25, 0.3) is 0 Å². The molecule has 5 fully saturated rings. The predicted octanol–water partition coefficient (Wildman–Crippen LogP) is -1.45. The zero-order chi connectivity index (χ0) is 13.3. The second-order valence-corrected chi connectivity index (χ2v) is 6.62. The third-order valence-electron chi connectivity index (χ3n) is 5.67. The van der Waals surface area contributed by atoms with Gasteiger partial charge < -0.3 is 9.80 Å². The third-order valence-corrected chi connectivity index (χ3v) is 5.67. The van der Waals surface area contributed by atoms with E-state index >= 15 is 0 Å². The number of piperazine rings is 1. The van der Waals surface area contributed by atoms with Crippen LogP contribution in [-0.2, 0) is 0 Å². The van der Waals surface area contributed by atoms with Crippen molar-refractivity contribution >= 4 is 6.03 Å². The van der Waals surface area contributed by atoms with E-state index in [1.807, 2.05) is 9.80 Å². The van der Waals surface area contributed by atoms with Crippen molar-refractivity contribution in [2.24, 2.45) is 0 Å². The maximum absolute atomic E-state index is 12.4. The minimum absolute atomic E-state index is 0.237. The smallest absolute Gasteiger partial charge is 0.310 e. The van der Waals surface area contributed by atoms with Gasteiger partial charge in [0.05, 0.1) is 25.7 Å². The zero-order valence-corrected chi connectivity index (χ0v) is 11.8. The van der Waals surface area contributed by atoms with E-state index in [1.165, 1.54) is 13.1 Å². The fourth-order valence-electron chi connectivity index (χ4n) is 4.65. The van der Waals surface area contributed by atoms with Crippen LogP contribution in [0.2, 0.25) is 0 Å². The van der Waals surface area contributed by atoms with E-state index in [0.29, 0.717) is 12.3 Å². The molecule has 5 aliphatic heterocycles. The fraction of sp³-hybridized carbons (Fsp3) is 0.923. The number of rotatable bonds is 0. The molecule has 5 rings (SSSR count). The Kier molecular flexibility index (Phi) is 2.39. The molecule has 0 aliphatic carbocycles. The van der Waals surface area contributed by atoms with Gasteiger partial charge in [0.15, 0.2) is 0 Å². The van der Waals surface area contributed by atoms with Gasteiger partial charge in [-0.1, -0.05) is 0 Å². The van der Waals surface area contributed by atoms with Crippen molar-refractivity contribution in [3.8, 4) is 0 Å². The monoisotopic (exact) mass is 278 g/mol.